The van der Waals surface area contributed by atoms with Crippen molar-refractivity contribution in [2.24, 2.45) is 0 Å². The number of aromatic nitrogens is 3. The number of fused-ring (bicyclic) bond motifs is 3. The Balaban J connectivity index is 1.29. The lowest BCUT2D eigenvalue weighted by Crippen LogP contribution is -2.38. The molecule has 0 aliphatic rings. The number of nitrogens with zero attached hydrogens (tertiary/aromatic N) is 3. The molecule has 2 amide bonds. The first-order valence-electron chi connectivity index (χ1n) is 16.2. The molecular formula is C37H28ClN5O11S. The van der Waals surface area contributed by atoms with Crippen molar-refractivity contribution in [1.82, 2.24) is 25.1 Å². The van der Waals surface area contributed by atoms with Gasteiger partial charge in [-0.2, -0.15) is 0 Å². The van der Waals surface area contributed by atoms with Gasteiger partial charge in [0.1, 0.15) is 36.0 Å². The number of ether oxygens (including phenoxy) is 1. The first kappa shape index (κ1) is 37.8. The molecule has 0 aliphatic carbocycles. The van der Waals surface area contributed by atoms with Gasteiger partial charge in [0.15, 0.2) is 18.8 Å². The fraction of sp³-hybridized carbons (Fsp3) is 0.162. The van der Waals surface area contributed by atoms with Crippen molar-refractivity contribution in [3.05, 3.63) is 114 Å². The van der Waals surface area contributed by atoms with Crippen molar-refractivity contribution >= 4 is 78.7 Å². The maximum atomic E-state index is 13.9. The fourth-order valence-electron chi connectivity index (χ4n) is 5.55. The minimum atomic E-state index is -1.36. The summed E-state index contributed by atoms with van der Waals surface area (Å²) < 4.78 is 8.55. The van der Waals surface area contributed by atoms with Crippen LogP contribution in [0.25, 0.3) is 32.0 Å². The normalized spacial score (nSPS) is 10.8. The Bertz CT molecular complexity index is 2680. The van der Waals surface area contributed by atoms with Crippen LogP contribution in [-0.2, 0) is 16.2 Å². The number of amides is 2. The topological polar surface area (TPSA) is 217 Å². The molecule has 0 aliphatic heterocycles. The number of thiazole rings is 1. The predicted molar refractivity (Wildman–Crippen MR) is 201 cm³/mol. The van der Waals surface area contributed by atoms with E-state index in [1.807, 2.05) is 24.3 Å². The Labute approximate surface area is 318 Å². The summed E-state index contributed by atoms with van der Waals surface area (Å²) in [6, 6.07) is 18.5. The van der Waals surface area contributed by atoms with Crippen molar-refractivity contribution in [2.45, 2.75) is 13.5 Å². The summed E-state index contributed by atoms with van der Waals surface area (Å²) in [5.41, 5.74) is -1.14. The molecule has 16 nitrogen and oxygen atoms in total. The highest BCUT2D eigenvalue weighted by Gasteiger charge is 2.26. The van der Waals surface area contributed by atoms with Gasteiger partial charge in [-0.25, -0.2) is 4.98 Å². The van der Waals surface area contributed by atoms with Crippen LogP contribution in [0.4, 0.5) is 0 Å². The maximum absolute atomic E-state index is 13.9. The number of carboxylic acid groups (broad SMARTS) is 2. The molecule has 55 heavy (non-hydrogen) atoms. The van der Waals surface area contributed by atoms with E-state index in [0.717, 1.165) is 19.7 Å². The number of hydrogen-bond donors (Lipinski definition) is 4. The molecule has 0 fully saturated rings. The van der Waals surface area contributed by atoms with E-state index >= 15 is 0 Å². The van der Waals surface area contributed by atoms with Crippen molar-refractivity contribution in [2.75, 3.05) is 26.3 Å². The summed E-state index contributed by atoms with van der Waals surface area (Å²) in [6.07, 6.45) is 0. The number of carboxylic acids is 2. The van der Waals surface area contributed by atoms with Gasteiger partial charge >= 0.3 is 11.9 Å². The van der Waals surface area contributed by atoms with Gasteiger partial charge in [-0.1, -0.05) is 53.8 Å². The second kappa shape index (κ2) is 16.4. The van der Waals surface area contributed by atoms with Crippen LogP contribution in [0.2, 0.25) is 5.02 Å². The highest BCUT2D eigenvalue weighted by molar-refractivity contribution is 7.18. The molecule has 0 bridgehead atoms. The number of para-hydroxylation sites is 2. The number of hydrogen-bond acceptors (Lipinski definition) is 11. The van der Waals surface area contributed by atoms with Gasteiger partial charge in [0.05, 0.1) is 21.3 Å². The lowest BCUT2D eigenvalue weighted by atomic mass is 10.0. The van der Waals surface area contributed by atoms with Crippen LogP contribution in [0.15, 0.2) is 76.3 Å². The molecule has 6 rings (SSSR count). The van der Waals surface area contributed by atoms with Crippen LogP contribution in [0.5, 0.6) is 5.75 Å². The smallest absolute Gasteiger partial charge is 0.322 e. The Kier molecular flexibility index (Phi) is 11.3. The second-order valence-electron chi connectivity index (χ2n) is 11.5. The predicted octanol–water partition coefficient (Wildman–Crippen LogP) is 2.66. The fourth-order valence-corrected chi connectivity index (χ4v) is 6.60. The number of carbonyl (C=O) groups is 4. The van der Waals surface area contributed by atoms with Crippen molar-refractivity contribution in [3.8, 4) is 17.6 Å². The molecule has 3 heterocycles. The van der Waals surface area contributed by atoms with Crippen LogP contribution < -0.4 is 36.2 Å². The number of nitrogens with one attached hydrogen (secondary N) is 2. The molecule has 0 saturated heterocycles. The maximum Gasteiger partial charge on any atom is 0.322 e. The average molecular weight is 786 g/mol. The number of aryl methyl sites for hydroxylation is 1. The standard InChI is InChI=1S/C37H28ClN5O11S/c1-20-22-8-2-4-10-25(22)42(36(50)31(20)34(48)39-17-29(44)45)53-15-7-6-14-52-33-23-16-21(38)12-13-26(23)43(37(51)32(33)35(49)40-18-30(46)47)54-19-28-41-24-9-3-5-11-27(24)55-28/h2-5,8-13,16H,14-15,17-19H2,1H3,(H,39,48)(H,40,49)(H,44,45)(H,46,47). The van der Waals surface area contributed by atoms with Gasteiger partial charge in [-0.05, 0) is 48.9 Å². The average Bonchev–Trinajstić information content (AvgIpc) is 3.58. The summed E-state index contributed by atoms with van der Waals surface area (Å²) in [5, 5.41) is 24.0. The summed E-state index contributed by atoms with van der Waals surface area (Å²) in [7, 11) is 0. The van der Waals surface area contributed by atoms with Crippen molar-refractivity contribution < 1.29 is 43.8 Å². The third kappa shape index (κ3) is 8.20. The van der Waals surface area contributed by atoms with Crippen LogP contribution in [-0.4, -0.2) is 74.7 Å². The highest BCUT2D eigenvalue weighted by Crippen LogP contribution is 2.30. The third-order valence-electron chi connectivity index (χ3n) is 7.94. The quantitative estimate of drug-likeness (QED) is 0.124. The number of pyridine rings is 2. The van der Waals surface area contributed by atoms with Gasteiger partial charge in [0, 0.05) is 15.8 Å². The largest absolute Gasteiger partial charge is 0.480 e. The van der Waals surface area contributed by atoms with Crippen LogP contribution in [0.1, 0.15) is 31.3 Å². The minimum absolute atomic E-state index is 0.146. The van der Waals surface area contributed by atoms with Gasteiger partial charge in [0.25, 0.3) is 22.9 Å². The molecule has 0 saturated carbocycles. The lowest BCUT2D eigenvalue weighted by Gasteiger charge is -2.17. The lowest BCUT2D eigenvalue weighted by molar-refractivity contribution is -0.136. The molecule has 0 radical (unpaired) electrons. The summed E-state index contributed by atoms with van der Waals surface area (Å²) >= 11 is 7.68. The molecule has 0 unspecified atom stereocenters. The van der Waals surface area contributed by atoms with E-state index in [0.29, 0.717) is 21.5 Å². The number of benzene rings is 3. The van der Waals surface area contributed by atoms with Gasteiger partial charge in [-0.3, -0.25) is 28.8 Å². The zero-order valence-electron chi connectivity index (χ0n) is 28.6. The zero-order chi connectivity index (χ0) is 39.2. The summed E-state index contributed by atoms with van der Waals surface area (Å²) in [5.74, 6) is 0.491. The molecule has 3 aromatic heterocycles. The van der Waals surface area contributed by atoms with Crippen LogP contribution in [0, 0.1) is 18.8 Å². The van der Waals surface area contributed by atoms with Crippen LogP contribution in [0.3, 0.4) is 0 Å². The first-order chi connectivity index (χ1) is 26.4. The minimum Gasteiger partial charge on any atom is -0.480 e. The SMILES string of the molecule is Cc1c(C(=O)NCC(=O)O)c(=O)n(OCC#CCOc2c(C(=O)NCC(=O)O)c(=O)n(OCc3nc4ccccc4s3)c3ccc(Cl)cc23)c2ccccc12. The molecule has 280 valence electrons. The van der Waals surface area contributed by atoms with E-state index in [2.05, 4.69) is 27.5 Å². The Hall–Kier alpha value is -6.90. The first-order valence-corrected chi connectivity index (χ1v) is 17.4. The summed E-state index contributed by atoms with van der Waals surface area (Å²) in [6.45, 7) is -0.911. The Morgan fingerprint density at radius 2 is 1.42 bits per heavy atom. The van der Waals surface area contributed by atoms with E-state index in [4.69, 9.17) is 31.1 Å². The molecule has 18 heteroatoms. The Morgan fingerprint density at radius 3 is 2.15 bits per heavy atom. The van der Waals surface area contributed by atoms with Gasteiger partial charge < -0.3 is 35.3 Å². The van der Waals surface area contributed by atoms with Crippen LogP contribution >= 0.6 is 22.9 Å². The molecule has 4 N–H and O–H groups in total. The number of carbonyl (C=O) groups excluding carboxylic acids is 2. The molecule has 6 aromatic rings. The number of rotatable bonds is 13. The molecule has 3 aromatic carbocycles. The highest BCUT2D eigenvalue weighted by atomic mass is 35.5. The summed E-state index contributed by atoms with van der Waals surface area (Å²) in [4.78, 5) is 91.8. The molecule has 0 atom stereocenters. The number of aliphatic carboxylic acids is 2. The zero-order valence-corrected chi connectivity index (χ0v) is 30.2. The van der Waals surface area contributed by atoms with E-state index < -0.39 is 66.7 Å². The van der Waals surface area contributed by atoms with Gasteiger partial charge in [0.2, 0.25) is 0 Å². The van der Waals surface area contributed by atoms with Crippen molar-refractivity contribution in [3.63, 3.8) is 0 Å². The number of halogens is 1. The van der Waals surface area contributed by atoms with Crippen molar-refractivity contribution in [1.29, 1.82) is 0 Å². The van der Waals surface area contributed by atoms with E-state index in [1.165, 1.54) is 29.5 Å². The van der Waals surface area contributed by atoms with E-state index in [-0.39, 0.29) is 33.8 Å². The Morgan fingerprint density at radius 1 is 0.800 bits per heavy atom. The van der Waals surface area contributed by atoms with E-state index in [9.17, 15) is 33.9 Å². The second-order valence-corrected chi connectivity index (χ2v) is 13.1. The molecule has 0 spiro atoms. The van der Waals surface area contributed by atoms with E-state index in [1.54, 1.807) is 31.2 Å². The third-order valence-corrected chi connectivity index (χ3v) is 9.18. The van der Waals surface area contributed by atoms with Gasteiger partial charge in [-0.15, -0.1) is 20.8 Å². The molecular weight excluding hydrogens is 758 g/mol. The monoisotopic (exact) mass is 785 g/mol.